The lowest BCUT2D eigenvalue weighted by Gasteiger charge is -2.25. The summed E-state index contributed by atoms with van der Waals surface area (Å²) in [7, 11) is 0. The summed E-state index contributed by atoms with van der Waals surface area (Å²) in [5.74, 6) is 1.60. The van der Waals surface area contributed by atoms with Gasteiger partial charge in [0.1, 0.15) is 12.0 Å². The number of fused-ring (bicyclic) bond motifs is 1. The van der Waals surface area contributed by atoms with Gasteiger partial charge in [-0.2, -0.15) is 0 Å². The highest BCUT2D eigenvalue weighted by Gasteiger charge is 2.38. The smallest absolute Gasteiger partial charge is 0.287 e. The second-order valence-corrected chi connectivity index (χ2v) is 5.06. The lowest BCUT2D eigenvalue weighted by atomic mass is 10.1. The molecule has 3 rings (SSSR count). The average Bonchev–Trinajstić information content (AvgIpc) is 2.91. The molecule has 18 heavy (non-hydrogen) atoms. The van der Waals surface area contributed by atoms with Crippen LogP contribution in [0.1, 0.15) is 12.0 Å². The van der Waals surface area contributed by atoms with Crippen LogP contribution >= 0.6 is 0 Å². The van der Waals surface area contributed by atoms with E-state index in [0.717, 1.165) is 31.0 Å². The molecule has 1 aromatic heterocycles. The predicted octanol–water partition coefficient (Wildman–Crippen LogP) is 1.10. The summed E-state index contributed by atoms with van der Waals surface area (Å²) in [5, 5.41) is 14.1. The average molecular weight is 248 g/mol. The highest BCUT2D eigenvalue weighted by atomic mass is 16.6. The quantitative estimate of drug-likeness (QED) is 0.626. The van der Waals surface area contributed by atoms with Gasteiger partial charge >= 0.3 is 0 Å². The number of pyridine rings is 1. The van der Waals surface area contributed by atoms with Crippen LogP contribution in [0.2, 0.25) is 0 Å². The van der Waals surface area contributed by atoms with E-state index in [0.29, 0.717) is 12.0 Å². The number of anilines is 1. The van der Waals surface area contributed by atoms with Crippen molar-refractivity contribution in [2.45, 2.75) is 19.4 Å². The normalized spacial score (nSPS) is 26.4. The molecular formula is C12H16N4O2. The van der Waals surface area contributed by atoms with E-state index in [4.69, 9.17) is 0 Å². The minimum absolute atomic E-state index is 0.0662. The molecule has 2 aliphatic heterocycles. The van der Waals surface area contributed by atoms with Crippen molar-refractivity contribution < 1.29 is 4.92 Å². The third kappa shape index (κ3) is 1.73. The summed E-state index contributed by atoms with van der Waals surface area (Å²) in [6.07, 6.45) is 2.54. The maximum atomic E-state index is 10.7. The molecule has 0 bridgehead atoms. The van der Waals surface area contributed by atoms with Crippen molar-refractivity contribution in [2.24, 2.45) is 5.92 Å². The topological polar surface area (TPSA) is 71.3 Å². The first-order chi connectivity index (χ1) is 8.66. The standard InChI is InChI=1S/C12H16N4O2/c1-8-4-10(16(17)18)6-14-12(8)15-3-2-9-5-13-7-11(9)15/h4,6,9,11,13H,2-3,5,7H2,1H3/t9-,11+/m0/s1. The summed E-state index contributed by atoms with van der Waals surface area (Å²) in [6, 6.07) is 2.11. The van der Waals surface area contributed by atoms with E-state index >= 15 is 0 Å². The second kappa shape index (κ2) is 4.20. The first-order valence-corrected chi connectivity index (χ1v) is 6.25. The van der Waals surface area contributed by atoms with E-state index in [2.05, 4.69) is 15.2 Å². The molecule has 2 atom stereocenters. The van der Waals surface area contributed by atoms with E-state index in [1.54, 1.807) is 6.07 Å². The van der Waals surface area contributed by atoms with Crippen molar-refractivity contribution in [3.05, 3.63) is 27.9 Å². The summed E-state index contributed by atoms with van der Waals surface area (Å²) in [5.41, 5.74) is 0.952. The number of nitrogens with zero attached hydrogens (tertiary/aromatic N) is 3. The Hall–Kier alpha value is -1.69. The molecule has 6 nitrogen and oxygen atoms in total. The van der Waals surface area contributed by atoms with Gasteiger partial charge < -0.3 is 10.2 Å². The molecule has 1 aromatic rings. The van der Waals surface area contributed by atoms with Gasteiger partial charge in [-0.1, -0.05) is 0 Å². The number of nitrogens with one attached hydrogen (secondary N) is 1. The third-order valence-electron chi connectivity index (χ3n) is 3.96. The fourth-order valence-electron chi connectivity index (χ4n) is 3.07. The van der Waals surface area contributed by atoms with Gasteiger partial charge in [-0.15, -0.1) is 0 Å². The molecule has 0 unspecified atom stereocenters. The minimum Gasteiger partial charge on any atom is -0.352 e. The SMILES string of the molecule is Cc1cc([N+](=O)[O-])cnc1N1CC[C@H]2CNC[C@H]21. The van der Waals surface area contributed by atoms with Crippen LogP contribution < -0.4 is 10.2 Å². The van der Waals surface area contributed by atoms with Gasteiger partial charge in [0, 0.05) is 31.7 Å². The Bertz CT molecular complexity index is 491. The summed E-state index contributed by atoms with van der Waals surface area (Å²) >= 11 is 0. The predicted molar refractivity (Wildman–Crippen MR) is 67.7 cm³/mol. The Labute approximate surface area is 105 Å². The van der Waals surface area contributed by atoms with E-state index in [-0.39, 0.29) is 5.69 Å². The molecule has 6 heteroatoms. The van der Waals surface area contributed by atoms with Crippen LogP contribution in [0.5, 0.6) is 0 Å². The fraction of sp³-hybridized carbons (Fsp3) is 0.583. The lowest BCUT2D eigenvalue weighted by molar-refractivity contribution is -0.385. The van der Waals surface area contributed by atoms with E-state index in [1.807, 2.05) is 6.92 Å². The zero-order valence-electron chi connectivity index (χ0n) is 10.3. The highest BCUT2D eigenvalue weighted by molar-refractivity contribution is 5.52. The van der Waals surface area contributed by atoms with Crippen LogP contribution in [-0.2, 0) is 0 Å². The Morgan fingerprint density at radius 1 is 1.56 bits per heavy atom. The molecule has 0 aliphatic carbocycles. The monoisotopic (exact) mass is 248 g/mol. The van der Waals surface area contributed by atoms with Gasteiger partial charge in [-0.25, -0.2) is 4.98 Å². The number of nitro groups is 1. The van der Waals surface area contributed by atoms with E-state index in [1.165, 1.54) is 12.6 Å². The highest BCUT2D eigenvalue weighted by Crippen LogP contribution is 2.33. The summed E-state index contributed by atoms with van der Waals surface area (Å²) in [6.45, 7) is 4.96. The summed E-state index contributed by atoms with van der Waals surface area (Å²) in [4.78, 5) is 16.9. The van der Waals surface area contributed by atoms with E-state index < -0.39 is 4.92 Å². The molecule has 2 aliphatic rings. The molecule has 3 heterocycles. The first kappa shape index (κ1) is 11.4. The van der Waals surface area contributed by atoms with Crippen molar-refractivity contribution in [3.8, 4) is 0 Å². The van der Waals surface area contributed by atoms with Crippen LogP contribution in [0.15, 0.2) is 12.3 Å². The third-order valence-corrected chi connectivity index (χ3v) is 3.96. The Kier molecular flexibility index (Phi) is 2.66. The van der Waals surface area contributed by atoms with Gasteiger partial charge in [-0.3, -0.25) is 10.1 Å². The molecule has 96 valence electrons. The van der Waals surface area contributed by atoms with Gasteiger partial charge in [-0.05, 0) is 24.8 Å². The van der Waals surface area contributed by atoms with Gasteiger partial charge in [0.05, 0.1) is 4.92 Å². The zero-order valence-corrected chi connectivity index (χ0v) is 10.3. The summed E-state index contributed by atoms with van der Waals surface area (Å²) < 4.78 is 0. The lowest BCUT2D eigenvalue weighted by Crippen LogP contribution is -2.35. The van der Waals surface area contributed by atoms with Crippen LogP contribution in [0.4, 0.5) is 11.5 Å². The van der Waals surface area contributed by atoms with Crippen LogP contribution in [0.25, 0.3) is 0 Å². The van der Waals surface area contributed by atoms with Gasteiger partial charge in [0.25, 0.3) is 5.69 Å². The molecule has 0 spiro atoms. The Balaban J connectivity index is 1.90. The van der Waals surface area contributed by atoms with Crippen LogP contribution in [0.3, 0.4) is 0 Å². The maximum Gasteiger partial charge on any atom is 0.287 e. The number of hydrogen-bond acceptors (Lipinski definition) is 5. The number of rotatable bonds is 2. The molecule has 2 fully saturated rings. The molecular weight excluding hydrogens is 232 g/mol. The van der Waals surface area contributed by atoms with E-state index in [9.17, 15) is 10.1 Å². The van der Waals surface area contributed by atoms with Gasteiger partial charge in [0.2, 0.25) is 0 Å². The van der Waals surface area contributed by atoms with Crippen molar-refractivity contribution >= 4 is 11.5 Å². The van der Waals surface area contributed by atoms with Crippen molar-refractivity contribution in [1.29, 1.82) is 0 Å². The van der Waals surface area contributed by atoms with Crippen LogP contribution in [0, 0.1) is 23.0 Å². The van der Waals surface area contributed by atoms with Crippen LogP contribution in [-0.4, -0.2) is 35.6 Å². The number of hydrogen-bond donors (Lipinski definition) is 1. The van der Waals surface area contributed by atoms with Gasteiger partial charge in [0.15, 0.2) is 0 Å². The Morgan fingerprint density at radius 2 is 2.39 bits per heavy atom. The molecule has 1 N–H and O–H groups in total. The van der Waals surface area contributed by atoms with Crippen molar-refractivity contribution in [3.63, 3.8) is 0 Å². The largest absolute Gasteiger partial charge is 0.352 e. The minimum atomic E-state index is -0.395. The molecule has 0 radical (unpaired) electrons. The fourth-order valence-corrected chi connectivity index (χ4v) is 3.07. The molecule has 2 saturated heterocycles. The first-order valence-electron chi connectivity index (χ1n) is 6.25. The molecule has 0 saturated carbocycles. The zero-order chi connectivity index (χ0) is 12.7. The maximum absolute atomic E-state index is 10.7. The number of aryl methyl sites for hydroxylation is 1. The number of aromatic nitrogens is 1. The Morgan fingerprint density at radius 3 is 3.11 bits per heavy atom. The molecule has 0 aromatic carbocycles. The van der Waals surface area contributed by atoms with Crippen molar-refractivity contribution in [1.82, 2.24) is 10.3 Å². The van der Waals surface area contributed by atoms with Crippen molar-refractivity contribution in [2.75, 3.05) is 24.5 Å². The second-order valence-electron chi connectivity index (χ2n) is 5.06. The molecule has 0 amide bonds.